The van der Waals surface area contributed by atoms with Gasteiger partial charge >= 0.3 is 5.97 Å². The molecule has 0 atom stereocenters. The summed E-state index contributed by atoms with van der Waals surface area (Å²) in [6, 6.07) is 5.18. The predicted molar refractivity (Wildman–Crippen MR) is 55.4 cm³/mol. The van der Waals surface area contributed by atoms with Gasteiger partial charge in [0, 0.05) is 11.3 Å². The van der Waals surface area contributed by atoms with Gasteiger partial charge in [-0.1, -0.05) is 0 Å². The fraction of sp³-hybridized carbons (Fsp3) is 0. The fourth-order valence-corrected chi connectivity index (χ4v) is 1.34. The van der Waals surface area contributed by atoms with Crippen molar-refractivity contribution in [3.63, 3.8) is 0 Å². The minimum absolute atomic E-state index is 0.0428. The summed E-state index contributed by atoms with van der Waals surface area (Å²) in [5.41, 5.74) is 6.63. The summed E-state index contributed by atoms with van der Waals surface area (Å²) in [4.78, 5) is 10.6. The van der Waals surface area contributed by atoms with Gasteiger partial charge in [-0.2, -0.15) is 5.10 Å². The molecule has 0 radical (unpaired) electrons. The zero-order valence-corrected chi connectivity index (χ0v) is 8.07. The van der Waals surface area contributed by atoms with E-state index in [-0.39, 0.29) is 11.4 Å². The number of aromatic nitrogens is 2. The van der Waals surface area contributed by atoms with Crippen LogP contribution in [0, 0.1) is 5.82 Å². The largest absolute Gasteiger partial charge is 0.477 e. The third-order valence-corrected chi connectivity index (χ3v) is 2.10. The van der Waals surface area contributed by atoms with Crippen LogP contribution in [0.15, 0.2) is 24.3 Å². The van der Waals surface area contributed by atoms with Crippen LogP contribution in [0.25, 0.3) is 11.3 Å². The van der Waals surface area contributed by atoms with Crippen LogP contribution in [0.1, 0.15) is 10.5 Å². The molecule has 1 aromatic carbocycles. The number of nitrogen functional groups attached to an aromatic ring is 1. The molecule has 0 aliphatic carbocycles. The van der Waals surface area contributed by atoms with E-state index < -0.39 is 11.8 Å². The Morgan fingerprint density at radius 2 is 2.19 bits per heavy atom. The lowest BCUT2D eigenvalue weighted by atomic mass is 10.1. The molecule has 82 valence electrons. The van der Waals surface area contributed by atoms with Crippen LogP contribution in [-0.2, 0) is 0 Å². The number of hydrogen-bond acceptors (Lipinski definition) is 3. The number of anilines is 1. The first-order chi connectivity index (χ1) is 7.58. The van der Waals surface area contributed by atoms with Gasteiger partial charge in [-0.3, -0.25) is 5.10 Å². The highest BCUT2D eigenvalue weighted by atomic mass is 19.1. The predicted octanol–water partition coefficient (Wildman–Crippen LogP) is 1.50. The molecule has 0 saturated heterocycles. The first-order valence-corrected chi connectivity index (χ1v) is 4.42. The van der Waals surface area contributed by atoms with E-state index >= 15 is 0 Å². The van der Waals surface area contributed by atoms with Crippen molar-refractivity contribution < 1.29 is 14.3 Å². The summed E-state index contributed by atoms with van der Waals surface area (Å²) in [6.07, 6.45) is 0. The number of benzene rings is 1. The minimum Gasteiger partial charge on any atom is -0.477 e. The SMILES string of the molecule is Nc1cc(F)ccc1-c1cc(C(=O)O)[nH]n1. The molecule has 16 heavy (non-hydrogen) atoms. The number of carbonyl (C=O) groups is 1. The van der Waals surface area contributed by atoms with Crippen LogP contribution in [0.2, 0.25) is 0 Å². The molecular formula is C10H8FN3O2. The van der Waals surface area contributed by atoms with Crippen molar-refractivity contribution in [3.05, 3.63) is 35.8 Å². The summed E-state index contributed by atoms with van der Waals surface area (Å²) in [6.45, 7) is 0. The maximum Gasteiger partial charge on any atom is 0.353 e. The van der Waals surface area contributed by atoms with Crippen molar-refractivity contribution in [1.29, 1.82) is 0 Å². The molecule has 1 heterocycles. The van der Waals surface area contributed by atoms with Gasteiger partial charge in [0.25, 0.3) is 0 Å². The summed E-state index contributed by atoms with van der Waals surface area (Å²) in [5, 5.41) is 14.8. The quantitative estimate of drug-likeness (QED) is 0.670. The number of H-pyrrole nitrogens is 1. The number of nitrogens with one attached hydrogen (secondary N) is 1. The Balaban J connectivity index is 2.46. The Morgan fingerprint density at radius 1 is 1.44 bits per heavy atom. The van der Waals surface area contributed by atoms with Gasteiger partial charge in [-0.05, 0) is 24.3 Å². The smallest absolute Gasteiger partial charge is 0.353 e. The van der Waals surface area contributed by atoms with E-state index in [1.165, 1.54) is 18.2 Å². The topological polar surface area (TPSA) is 92.0 Å². The summed E-state index contributed by atoms with van der Waals surface area (Å²) in [5.74, 6) is -1.56. The number of hydrogen-bond donors (Lipinski definition) is 3. The van der Waals surface area contributed by atoms with Crippen LogP contribution >= 0.6 is 0 Å². The van der Waals surface area contributed by atoms with Crippen LogP contribution in [0.5, 0.6) is 0 Å². The molecule has 0 amide bonds. The molecule has 2 rings (SSSR count). The van der Waals surface area contributed by atoms with E-state index in [9.17, 15) is 9.18 Å². The van der Waals surface area contributed by atoms with Gasteiger partial charge < -0.3 is 10.8 Å². The third kappa shape index (κ3) is 1.72. The van der Waals surface area contributed by atoms with Crippen molar-refractivity contribution in [2.45, 2.75) is 0 Å². The molecule has 0 aliphatic heterocycles. The molecule has 0 aliphatic rings. The maximum atomic E-state index is 12.8. The lowest BCUT2D eigenvalue weighted by Gasteiger charge is -2.01. The van der Waals surface area contributed by atoms with Crippen LogP contribution in [-0.4, -0.2) is 21.3 Å². The van der Waals surface area contributed by atoms with Crippen LogP contribution in [0.4, 0.5) is 10.1 Å². The molecule has 4 N–H and O–H groups in total. The molecule has 2 aromatic rings. The summed E-state index contributed by atoms with van der Waals surface area (Å²) in [7, 11) is 0. The highest BCUT2D eigenvalue weighted by Gasteiger charge is 2.11. The molecule has 0 fully saturated rings. The van der Waals surface area contributed by atoms with Crippen molar-refractivity contribution >= 4 is 11.7 Å². The Hall–Kier alpha value is -2.37. The molecule has 0 spiro atoms. The van der Waals surface area contributed by atoms with E-state index in [2.05, 4.69) is 10.2 Å². The monoisotopic (exact) mass is 221 g/mol. The molecule has 0 unspecified atom stereocenters. The van der Waals surface area contributed by atoms with Crippen LogP contribution in [0.3, 0.4) is 0 Å². The maximum absolute atomic E-state index is 12.8. The summed E-state index contributed by atoms with van der Waals surface area (Å²) >= 11 is 0. The Morgan fingerprint density at radius 3 is 2.75 bits per heavy atom. The Kier molecular flexibility index (Phi) is 2.32. The minimum atomic E-state index is -1.11. The number of nitrogens with two attached hydrogens (primary N) is 1. The average molecular weight is 221 g/mol. The highest BCUT2D eigenvalue weighted by Crippen LogP contribution is 2.25. The number of aromatic carboxylic acids is 1. The number of halogens is 1. The van der Waals surface area contributed by atoms with Crippen molar-refractivity contribution in [3.8, 4) is 11.3 Å². The van der Waals surface area contributed by atoms with E-state index in [0.29, 0.717) is 11.3 Å². The second-order valence-corrected chi connectivity index (χ2v) is 3.20. The second-order valence-electron chi connectivity index (χ2n) is 3.20. The number of carboxylic acid groups (broad SMARTS) is 1. The Labute approximate surface area is 89.7 Å². The zero-order chi connectivity index (χ0) is 11.7. The van der Waals surface area contributed by atoms with Gasteiger partial charge in [-0.25, -0.2) is 9.18 Å². The number of rotatable bonds is 2. The van der Waals surface area contributed by atoms with Crippen molar-refractivity contribution in [2.75, 3.05) is 5.73 Å². The molecule has 6 heteroatoms. The first kappa shape index (κ1) is 10.2. The molecule has 0 bridgehead atoms. The van der Waals surface area contributed by atoms with Crippen LogP contribution < -0.4 is 5.73 Å². The molecule has 5 nitrogen and oxygen atoms in total. The number of nitrogens with zero attached hydrogens (tertiary/aromatic N) is 1. The second kappa shape index (κ2) is 3.65. The first-order valence-electron chi connectivity index (χ1n) is 4.42. The van der Waals surface area contributed by atoms with E-state index in [4.69, 9.17) is 10.8 Å². The molecular weight excluding hydrogens is 213 g/mol. The highest BCUT2D eigenvalue weighted by molar-refractivity contribution is 5.87. The van der Waals surface area contributed by atoms with Gasteiger partial charge in [0.1, 0.15) is 11.5 Å². The zero-order valence-electron chi connectivity index (χ0n) is 8.07. The van der Waals surface area contributed by atoms with Crippen molar-refractivity contribution in [1.82, 2.24) is 10.2 Å². The standard InChI is InChI=1S/C10H8FN3O2/c11-5-1-2-6(7(12)3-5)8-4-9(10(15)16)14-13-8/h1-4H,12H2,(H,13,14)(H,15,16). The third-order valence-electron chi connectivity index (χ3n) is 2.10. The van der Waals surface area contributed by atoms with Gasteiger partial charge in [0.05, 0.1) is 5.69 Å². The average Bonchev–Trinajstić information content (AvgIpc) is 2.66. The molecule has 0 saturated carbocycles. The van der Waals surface area contributed by atoms with Crippen molar-refractivity contribution in [2.24, 2.45) is 0 Å². The van der Waals surface area contributed by atoms with Gasteiger partial charge in [-0.15, -0.1) is 0 Å². The lowest BCUT2D eigenvalue weighted by Crippen LogP contribution is -1.95. The molecule has 1 aromatic heterocycles. The van der Waals surface area contributed by atoms with E-state index in [0.717, 1.165) is 6.07 Å². The lowest BCUT2D eigenvalue weighted by molar-refractivity contribution is 0.0690. The number of carboxylic acids is 1. The fourth-order valence-electron chi connectivity index (χ4n) is 1.34. The van der Waals surface area contributed by atoms with Gasteiger partial charge in [0.2, 0.25) is 0 Å². The number of aromatic amines is 1. The van der Waals surface area contributed by atoms with Gasteiger partial charge in [0.15, 0.2) is 0 Å². The normalized spacial score (nSPS) is 10.3. The van der Waals surface area contributed by atoms with E-state index in [1.807, 2.05) is 0 Å². The summed E-state index contributed by atoms with van der Waals surface area (Å²) < 4.78 is 12.8. The Bertz CT molecular complexity index is 551. The van der Waals surface area contributed by atoms with E-state index in [1.54, 1.807) is 0 Å².